The molecule has 0 saturated carbocycles. The average Bonchev–Trinajstić information content (AvgIpc) is 2.68. The molecule has 3 rings (SSSR count). The molecule has 21 heavy (non-hydrogen) atoms. The second-order valence-electron chi connectivity index (χ2n) is 5.97. The van der Waals surface area contributed by atoms with Gasteiger partial charge in [-0.1, -0.05) is 38.0 Å². The van der Waals surface area contributed by atoms with Crippen molar-refractivity contribution in [1.29, 1.82) is 0 Å². The standard InChI is InChI=1S/C18H26N2O/c1-2-19-13-18-16(14-20-11-7-3-4-8-12-20)15-9-5-6-10-17(15)21-18/h5-6,9-10,19H,2-4,7-8,11-14H2,1H3. The molecule has 1 fully saturated rings. The van der Waals surface area contributed by atoms with Gasteiger partial charge in [0.1, 0.15) is 11.3 Å². The molecule has 0 aliphatic carbocycles. The minimum Gasteiger partial charge on any atom is -0.459 e. The van der Waals surface area contributed by atoms with Crippen LogP contribution in [0.3, 0.4) is 0 Å². The van der Waals surface area contributed by atoms with E-state index in [0.717, 1.165) is 31.0 Å². The molecular weight excluding hydrogens is 260 g/mol. The first-order chi connectivity index (χ1) is 10.4. The van der Waals surface area contributed by atoms with Crippen LogP contribution in [0.2, 0.25) is 0 Å². The summed E-state index contributed by atoms with van der Waals surface area (Å²) in [6.07, 6.45) is 5.43. The lowest BCUT2D eigenvalue weighted by Gasteiger charge is -2.19. The lowest BCUT2D eigenvalue weighted by atomic mass is 10.1. The van der Waals surface area contributed by atoms with Crippen molar-refractivity contribution in [3.05, 3.63) is 35.6 Å². The quantitative estimate of drug-likeness (QED) is 0.903. The van der Waals surface area contributed by atoms with E-state index < -0.39 is 0 Å². The molecular formula is C18H26N2O. The summed E-state index contributed by atoms with van der Waals surface area (Å²) in [4.78, 5) is 2.60. The van der Waals surface area contributed by atoms with Gasteiger partial charge in [0.15, 0.2) is 0 Å². The maximum absolute atomic E-state index is 6.08. The van der Waals surface area contributed by atoms with Gasteiger partial charge in [-0.25, -0.2) is 0 Å². The van der Waals surface area contributed by atoms with Crippen LogP contribution in [0.25, 0.3) is 11.0 Å². The van der Waals surface area contributed by atoms with Crippen LogP contribution in [0.15, 0.2) is 28.7 Å². The number of likely N-dealkylation sites (tertiary alicyclic amines) is 1. The lowest BCUT2D eigenvalue weighted by Crippen LogP contribution is -2.25. The monoisotopic (exact) mass is 286 g/mol. The van der Waals surface area contributed by atoms with E-state index in [0.29, 0.717) is 0 Å². The first kappa shape index (κ1) is 14.6. The molecule has 1 N–H and O–H groups in total. The molecule has 114 valence electrons. The van der Waals surface area contributed by atoms with E-state index in [9.17, 15) is 0 Å². The molecule has 0 spiro atoms. The van der Waals surface area contributed by atoms with Gasteiger partial charge in [-0.05, 0) is 38.5 Å². The molecule has 2 aromatic rings. The maximum atomic E-state index is 6.08. The lowest BCUT2D eigenvalue weighted by molar-refractivity contribution is 0.275. The van der Waals surface area contributed by atoms with E-state index in [-0.39, 0.29) is 0 Å². The normalized spacial score (nSPS) is 17.2. The van der Waals surface area contributed by atoms with E-state index >= 15 is 0 Å². The molecule has 0 radical (unpaired) electrons. The Kier molecular flexibility index (Phi) is 4.94. The third-order valence-corrected chi connectivity index (χ3v) is 4.40. The van der Waals surface area contributed by atoms with E-state index in [1.165, 1.54) is 49.7 Å². The SMILES string of the molecule is CCNCc1oc2ccccc2c1CN1CCCCCC1. The number of hydrogen-bond donors (Lipinski definition) is 1. The first-order valence-electron chi connectivity index (χ1n) is 8.31. The smallest absolute Gasteiger partial charge is 0.134 e. The Balaban J connectivity index is 1.86. The number of nitrogens with zero attached hydrogens (tertiary/aromatic N) is 1. The zero-order chi connectivity index (χ0) is 14.5. The van der Waals surface area contributed by atoms with Crippen LogP contribution in [0.4, 0.5) is 0 Å². The topological polar surface area (TPSA) is 28.4 Å². The highest BCUT2D eigenvalue weighted by molar-refractivity contribution is 5.82. The summed E-state index contributed by atoms with van der Waals surface area (Å²) in [6, 6.07) is 8.44. The summed E-state index contributed by atoms with van der Waals surface area (Å²) in [5, 5.41) is 4.69. The van der Waals surface area contributed by atoms with E-state index in [4.69, 9.17) is 4.42 Å². The summed E-state index contributed by atoms with van der Waals surface area (Å²) < 4.78 is 6.08. The van der Waals surface area contributed by atoms with Gasteiger partial charge in [0, 0.05) is 17.5 Å². The average molecular weight is 286 g/mol. The second-order valence-corrected chi connectivity index (χ2v) is 5.97. The number of benzene rings is 1. The van der Waals surface area contributed by atoms with Crippen LogP contribution < -0.4 is 5.32 Å². The number of hydrogen-bond acceptors (Lipinski definition) is 3. The van der Waals surface area contributed by atoms with Gasteiger partial charge in [0.25, 0.3) is 0 Å². The Hall–Kier alpha value is -1.32. The van der Waals surface area contributed by atoms with Crippen molar-refractivity contribution in [1.82, 2.24) is 10.2 Å². The third-order valence-electron chi connectivity index (χ3n) is 4.40. The number of fused-ring (bicyclic) bond motifs is 1. The van der Waals surface area contributed by atoms with Crippen molar-refractivity contribution < 1.29 is 4.42 Å². The van der Waals surface area contributed by atoms with Crippen molar-refractivity contribution in [3.8, 4) is 0 Å². The second kappa shape index (κ2) is 7.10. The molecule has 0 bridgehead atoms. The predicted octanol–water partition coefficient (Wildman–Crippen LogP) is 3.92. The van der Waals surface area contributed by atoms with Crippen molar-refractivity contribution >= 4 is 11.0 Å². The van der Waals surface area contributed by atoms with Gasteiger partial charge in [0.2, 0.25) is 0 Å². The Morgan fingerprint density at radius 1 is 1.10 bits per heavy atom. The highest BCUT2D eigenvalue weighted by Crippen LogP contribution is 2.28. The predicted molar refractivity (Wildman–Crippen MR) is 87.3 cm³/mol. The van der Waals surface area contributed by atoms with Gasteiger partial charge in [0.05, 0.1) is 6.54 Å². The van der Waals surface area contributed by atoms with E-state index in [1.807, 2.05) is 0 Å². The molecule has 2 heterocycles. The summed E-state index contributed by atoms with van der Waals surface area (Å²) in [7, 11) is 0. The Labute approximate surface area is 127 Å². The van der Waals surface area contributed by atoms with E-state index in [1.54, 1.807) is 0 Å². The minimum absolute atomic E-state index is 0.828. The fourth-order valence-electron chi connectivity index (χ4n) is 3.22. The summed E-state index contributed by atoms with van der Waals surface area (Å²) in [5.74, 6) is 1.11. The molecule has 3 heteroatoms. The van der Waals surface area contributed by atoms with Gasteiger partial charge >= 0.3 is 0 Å². The van der Waals surface area contributed by atoms with Gasteiger partial charge in [-0.3, -0.25) is 4.90 Å². The molecule has 1 aliphatic rings. The molecule has 1 aromatic carbocycles. The summed E-state index contributed by atoms with van der Waals surface area (Å²) in [6.45, 7) is 7.41. The van der Waals surface area contributed by atoms with Crippen LogP contribution in [0, 0.1) is 0 Å². The molecule has 0 unspecified atom stereocenters. The molecule has 0 atom stereocenters. The molecule has 3 nitrogen and oxygen atoms in total. The van der Waals surface area contributed by atoms with Crippen LogP contribution in [0.5, 0.6) is 0 Å². The van der Waals surface area contributed by atoms with Gasteiger partial charge in [-0.15, -0.1) is 0 Å². The fourth-order valence-corrected chi connectivity index (χ4v) is 3.22. The minimum atomic E-state index is 0.828. The van der Waals surface area contributed by atoms with Crippen LogP contribution in [0.1, 0.15) is 43.9 Å². The molecule has 1 saturated heterocycles. The van der Waals surface area contributed by atoms with Crippen molar-refractivity contribution in [3.63, 3.8) is 0 Å². The molecule has 1 aromatic heterocycles. The van der Waals surface area contributed by atoms with Crippen molar-refractivity contribution in [2.24, 2.45) is 0 Å². The third kappa shape index (κ3) is 3.47. The first-order valence-corrected chi connectivity index (χ1v) is 8.31. The van der Waals surface area contributed by atoms with Crippen molar-refractivity contribution in [2.75, 3.05) is 19.6 Å². The summed E-state index contributed by atoms with van der Waals surface area (Å²) in [5.41, 5.74) is 2.41. The largest absolute Gasteiger partial charge is 0.459 e. The Morgan fingerprint density at radius 2 is 1.86 bits per heavy atom. The maximum Gasteiger partial charge on any atom is 0.134 e. The van der Waals surface area contributed by atoms with Crippen LogP contribution >= 0.6 is 0 Å². The fraction of sp³-hybridized carbons (Fsp3) is 0.556. The van der Waals surface area contributed by atoms with Gasteiger partial charge < -0.3 is 9.73 Å². The van der Waals surface area contributed by atoms with E-state index in [2.05, 4.69) is 41.4 Å². The highest BCUT2D eigenvalue weighted by atomic mass is 16.3. The zero-order valence-electron chi connectivity index (χ0n) is 13.0. The Bertz CT molecular complexity index is 568. The highest BCUT2D eigenvalue weighted by Gasteiger charge is 2.17. The van der Waals surface area contributed by atoms with Gasteiger partial charge in [-0.2, -0.15) is 0 Å². The zero-order valence-corrected chi connectivity index (χ0v) is 13.0. The number of para-hydroxylation sites is 1. The molecule has 1 aliphatic heterocycles. The summed E-state index contributed by atoms with van der Waals surface area (Å²) >= 11 is 0. The van der Waals surface area contributed by atoms with Crippen LogP contribution in [-0.2, 0) is 13.1 Å². The number of furan rings is 1. The van der Waals surface area contributed by atoms with Crippen LogP contribution in [-0.4, -0.2) is 24.5 Å². The number of rotatable bonds is 5. The van der Waals surface area contributed by atoms with Crippen molar-refractivity contribution in [2.45, 2.75) is 45.7 Å². The number of nitrogens with one attached hydrogen (secondary N) is 1. The molecule has 0 amide bonds. The Morgan fingerprint density at radius 3 is 2.62 bits per heavy atom.